The van der Waals surface area contributed by atoms with Crippen molar-refractivity contribution in [1.82, 2.24) is 0 Å². The predicted octanol–water partition coefficient (Wildman–Crippen LogP) is 3.89. The second-order valence-corrected chi connectivity index (χ2v) is 3.97. The van der Waals surface area contributed by atoms with Crippen LogP contribution in [0.1, 0.15) is 19.4 Å². The Morgan fingerprint density at radius 1 is 1.50 bits per heavy atom. The van der Waals surface area contributed by atoms with Crippen molar-refractivity contribution in [2.75, 3.05) is 13.2 Å². The molecule has 0 aliphatic heterocycles. The molecule has 1 rings (SSSR count). The summed E-state index contributed by atoms with van der Waals surface area (Å²) >= 11 is 3.45. The van der Waals surface area contributed by atoms with Gasteiger partial charge in [-0.3, -0.25) is 0 Å². The maximum absolute atomic E-state index is 5.27. The summed E-state index contributed by atoms with van der Waals surface area (Å²) in [5, 5.41) is 0. The van der Waals surface area contributed by atoms with Gasteiger partial charge in [-0.1, -0.05) is 34.1 Å². The second kappa shape index (κ2) is 5.99. The second-order valence-electron chi connectivity index (χ2n) is 3.06. The first-order chi connectivity index (χ1) is 6.74. The van der Waals surface area contributed by atoms with Gasteiger partial charge in [0.2, 0.25) is 0 Å². The van der Waals surface area contributed by atoms with Crippen molar-refractivity contribution in [3.63, 3.8) is 0 Å². The largest absolute Gasteiger partial charge is 0.378 e. The Hall–Kier alpha value is -0.600. The van der Waals surface area contributed by atoms with Crippen LogP contribution in [0, 0.1) is 0 Å². The van der Waals surface area contributed by atoms with Crippen LogP contribution < -0.4 is 0 Å². The molecule has 2 heteroatoms. The van der Waals surface area contributed by atoms with E-state index in [9.17, 15) is 0 Å². The molecule has 0 unspecified atom stereocenters. The number of allylic oxidation sites excluding steroid dienone is 1. The molecular formula is C12H15BrO. The van der Waals surface area contributed by atoms with Crippen LogP contribution >= 0.6 is 15.9 Å². The molecule has 0 spiro atoms. The number of benzene rings is 1. The first kappa shape index (κ1) is 11.5. The fourth-order valence-corrected chi connectivity index (χ4v) is 1.55. The zero-order valence-electron chi connectivity index (χ0n) is 8.59. The number of halogens is 1. The molecule has 1 aromatic carbocycles. The monoisotopic (exact) mass is 254 g/mol. The zero-order valence-corrected chi connectivity index (χ0v) is 10.2. The summed E-state index contributed by atoms with van der Waals surface area (Å²) in [6.45, 7) is 5.56. The summed E-state index contributed by atoms with van der Waals surface area (Å²) in [5.74, 6) is 0. The normalized spacial score (nSPS) is 11.8. The van der Waals surface area contributed by atoms with Crippen molar-refractivity contribution in [3.05, 3.63) is 40.4 Å². The quantitative estimate of drug-likeness (QED) is 0.741. The Balaban J connectivity index is 2.68. The molecule has 76 valence electrons. The van der Waals surface area contributed by atoms with Gasteiger partial charge in [-0.05, 0) is 37.1 Å². The van der Waals surface area contributed by atoms with Gasteiger partial charge in [-0.2, -0.15) is 0 Å². The highest BCUT2D eigenvalue weighted by atomic mass is 79.9. The average Bonchev–Trinajstić information content (AvgIpc) is 2.18. The summed E-state index contributed by atoms with van der Waals surface area (Å²) in [6, 6.07) is 8.27. The molecular weight excluding hydrogens is 240 g/mol. The molecule has 0 amide bonds. The fourth-order valence-electron chi connectivity index (χ4n) is 1.15. The molecule has 0 bridgehead atoms. The lowest BCUT2D eigenvalue weighted by Crippen LogP contribution is -1.90. The van der Waals surface area contributed by atoms with Gasteiger partial charge in [0.05, 0.1) is 6.61 Å². The van der Waals surface area contributed by atoms with Gasteiger partial charge in [-0.25, -0.2) is 0 Å². The zero-order chi connectivity index (χ0) is 10.4. The first-order valence-electron chi connectivity index (χ1n) is 4.74. The van der Waals surface area contributed by atoms with Gasteiger partial charge in [0.1, 0.15) is 0 Å². The van der Waals surface area contributed by atoms with E-state index in [0.29, 0.717) is 6.61 Å². The molecule has 0 N–H and O–H groups in total. The van der Waals surface area contributed by atoms with Crippen molar-refractivity contribution >= 4 is 21.5 Å². The van der Waals surface area contributed by atoms with Crippen LogP contribution in [0.25, 0.3) is 5.57 Å². The van der Waals surface area contributed by atoms with Gasteiger partial charge < -0.3 is 4.74 Å². The highest BCUT2D eigenvalue weighted by molar-refractivity contribution is 9.10. The van der Waals surface area contributed by atoms with Gasteiger partial charge >= 0.3 is 0 Å². The number of rotatable bonds is 4. The van der Waals surface area contributed by atoms with Crippen LogP contribution in [0.5, 0.6) is 0 Å². The summed E-state index contributed by atoms with van der Waals surface area (Å²) in [7, 11) is 0. The number of hydrogen-bond acceptors (Lipinski definition) is 1. The van der Waals surface area contributed by atoms with Gasteiger partial charge in [0.25, 0.3) is 0 Å². The molecule has 0 aliphatic carbocycles. The maximum Gasteiger partial charge on any atom is 0.0653 e. The van der Waals surface area contributed by atoms with E-state index in [-0.39, 0.29) is 0 Å². The van der Waals surface area contributed by atoms with Crippen molar-refractivity contribution in [1.29, 1.82) is 0 Å². The molecule has 0 heterocycles. The molecule has 0 aromatic heterocycles. The number of hydrogen-bond donors (Lipinski definition) is 0. The van der Waals surface area contributed by atoms with Crippen molar-refractivity contribution in [3.8, 4) is 0 Å². The van der Waals surface area contributed by atoms with Crippen molar-refractivity contribution < 1.29 is 4.74 Å². The van der Waals surface area contributed by atoms with Gasteiger partial charge in [-0.15, -0.1) is 0 Å². The van der Waals surface area contributed by atoms with Crippen molar-refractivity contribution in [2.45, 2.75) is 13.8 Å². The lowest BCUT2D eigenvalue weighted by Gasteiger charge is -2.02. The third kappa shape index (κ3) is 3.64. The van der Waals surface area contributed by atoms with Crippen LogP contribution in [-0.4, -0.2) is 13.2 Å². The Bertz CT molecular complexity index is 318. The molecule has 0 fully saturated rings. The van der Waals surface area contributed by atoms with E-state index in [1.807, 2.05) is 19.1 Å². The van der Waals surface area contributed by atoms with Crippen LogP contribution in [0.4, 0.5) is 0 Å². The molecule has 1 nitrogen and oxygen atoms in total. The van der Waals surface area contributed by atoms with E-state index in [1.54, 1.807) is 0 Å². The smallest absolute Gasteiger partial charge is 0.0653 e. The summed E-state index contributed by atoms with van der Waals surface area (Å²) in [6.07, 6.45) is 2.10. The molecule has 14 heavy (non-hydrogen) atoms. The molecule has 1 aromatic rings. The van der Waals surface area contributed by atoms with Crippen LogP contribution in [-0.2, 0) is 4.74 Å². The third-order valence-corrected chi connectivity index (χ3v) is 2.48. The first-order valence-corrected chi connectivity index (χ1v) is 5.53. The minimum Gasteiger partial charge on any atom is -0.378 e. The lowest BCUT2D eigenvalue weighted by molar-refractivity contribution is 0.178. The van der Waals surface area contributed by atoms with Gasteiger partial charge in [0.15, 0.2) is 0 Å². The Kier molecular flexibility index (Phi) is 4.91. The minimum atomic E-state index is 0.689. The standard InChI is InChI=1S/C12H15BrO/c1-3-14-8-7-10(2)11-5-4-6-12(13)9-11/h4-7,9H,3,8H2,1-2H3. The van der Waals surface area contributed by atoms with E-state index in [0.717, 1.165) is 11.1 Å². The average molecular weight is 255 g/mol. The molecule has 0 saturated carbocycles. The van der Waals surface area contributed by atoms with Crippen molar-refractivity contribution in [2.24, 2.45) is 0 Å². The fraction of sp³-hybridized carbons (Fsp3) is 0.333. The highest BCUT2D eigenvalue weighted by Gasteiger charge is 1.95. The summed E-state index contributed by atoms with van der Waals surface area (Å²) in [4.78, 5) is 0. The maximum atomic E-state index is 5.27. The molecule has 0 saturated heterocycles. The molecule has 0 aliphatic rings. The van der Waals surface area contributed by atoms with Crippen LogP contribution in [0.3, 0.4) is 0 Å². The summed E-state index contributed by atoms with van der Waals surface area (Å²) < 4.78 is 6.38. The lowest BCUT2D eigenvalue weighted by atomic mass is 10.1. The third-order valence-electron chi connectivity index (χ3n) is 1.99. The van der Waals surface area contributed by atoms with Gasteiger partial charge in [0, 0.05) is 11.1 Å². The summed E-state index contributed by atoms with van der Waals surface area (Å²) in [5.41, 5.74) is 2.49. The predicted molar refractivity (Wildman–Crippen MR) is 64.3 cm³/mol. The molecule has 0 atom stereocenters. The van der Waals surface area contributed by atoms with Crippen LogP contribution in [0.2, 0.25) is 0 Å². The SMILES string of the molecule is CCOCC=C(C)c1cccc(Br)c1. The molecule has 0 radical (unpaired) electrons. The van der Waals surface area contributed by atoms with E-state index in [2.05, 4.69) is 41.1 Å². The Labute approximate surface area is 93.9 Å². The van der Waals surface area contributed by atoms with E-state index < -0.39 is 0 Å². The Morgan fingerprint density at radius 3 is 2.93 bits per heavy atom. The Morgan fingerprint density at radius 2 is 2.29 bits per heavy atom. The minimum absolute atomic E-state index is 0.689. The van der Waals surface area contributed by atoms with E-state index in [1.165, 1.54) is 11.1 Å². The highest BCUT2D eigenvalue weighted by Crippen LogP contribution is 2.18. The van der Waals surface area contributed by atoms with E-state index in [4.69, 9.17) is 4.74 Å². The number of ether oxygens (including phenoxy) is 1. The topological polar surface area (TPSA) is 9.23 Å². The van der Waals surface area contributed by atoms with E-state index >= 15 is 0 Å². The van der Waals surface area contributed by atoms with Crippen LogP contribution in [0.15, 0.2) is 34.8 Å².